The minimum atomic E-state index is -0.256. The summed E-state index contributed by atoms with van der Waals surface area (Å²) in [7, 11) is 4.47. The van der Waals surface area contributed by atoms with Gasteiger partial charge in [0, 0.05) is 17.6 Å². The van der Waals surface area contributed by atoms with E-state index in [-0.39, 0.29) is 29.9 Å². The molecule has 114 valence electrons. The molecule has 0 unspecified atom stereocenters. The van der Waals surface area contributed by atoms with Gasteiger partial charge in [-0.05, 0) is 24.0 Å². The smallest absolute Gasteiger partial charge is 0.106 e. The molecule has 0 atom stereocenters. The van der Waals surface area contributed by atoms with Gasteiger partial charge in [-0.1, -0.05) is 13.0 Å². The van der Waals surface area contributed by atoms with Crippen LogP contribution in [0.5, 0.6) is 0 Å². The van der Waals surface area contributed by atoms with E-state index in [2.05, 4.69) is 14.1 Å². The van der Waals surface area contributed by atoms with Crippen LogP contribution >= 0.6 is 24.0 Å². The Labute approximate surface area is 142 Å². The second-order valence-corrected chi connectivity index (χ2v) is 6.06. The zero-order valence-electron chi connectivity index (χ0n) is 12.7. The van der Waals surface area contributed by atoms with Crippen LogP contribution in [0.4, 0.5) is 0 Å². The van der Waals surface area contributed by atoms with Crippen molar-refractivity contribution in [3.63, 3.8) is 0 Å². The monoisotopic (exact) mass is 400 g/mol. The van der Waals surface area contributed by atoms with Crippen molar-refractivity contribution in [2.24, 2.45) is 4.99 Å². The van der Waals surface area contributed by atoms with Crippen LogP contribution in [0.15, 0.2) is 28.9 Å². The molecule has 0 saturated carbocycles. The first-order valence-electron chi connectivity index (χ1n) is 7.07. The summed E-state index contributed by atoms with van der Waals surface area (Å²) >= 11 is 0. The Bertz CT molecular complexity index is 707. The maximum atomic E-state index is 11.9. The molecule has 0 amide bonds. The van der Waals surface area contributed by atoms with Gasteiger partial charge in [0.2, 0.25) is 0 Å². The van der Waals surface area contributed by atoms with Crippen molar-refractivity contribution < 1.29 is 14.3 Å². The van der Waals surface area contributed by atoms with Crippen LogP contribution in [0.2, 0.25) is 0 Å². The summed E-state index contributed by atoms with van der Waals surface area (Å²) in [6.07, 6.45) is 1.01. The highest BCUT2D eigenvalue weighted by atomic mass is 127. The molecule has 5 heteroatoms. The quantitative estimate of drug-likeness (QED) is 0.539. The first kappa shape index (κ1) is 16.3. The van der Waals surface area contributed by atoms with E-state index in [1.54, 1.807) is 6.07 Å². The average molecular weight is 400 g/mol. The summed E-state index contributed by atoms with van der Waals surface area (Å²) in [6, 6.07) is 5.67. The minimum Gasteiger partial charge on any atom is -0.613 e. The van der Waals surface area contributed by atoms with Gasteiger partial charge in [0.05, 0.1) is 37.6 Å². The zero-order chi connectivity index (χ0) is 14.3. The second-order valence-electron chi connectivity index (χ2n) is 6.06. The highest BCUT2D eigenvalue weighted by molar-refractivity contribution is 14.0. The molecular weight excluding hydrogens is 379 g/mol. The van der Waals surface area contributed by atoms with Gasteiger partial charge in [0.25, 0.3) is 0 Å². The molecule has 0 aromatic heterocycles. The maximum Gasteiger partial charge on any atom is 0.106 e. The van der Waals surface area contributed by atoms with Gasteiger partial charge in [0.15, 0.2) is 0 Å². The van der Waals surface area contributed by atoms with Crippen LogP contribution in [0.1, 0.15) is 18.9 Å². The zero-order valence-corrected chi connectivity index (χ0v) is 15.0. The Balaban J connectivity index is 0.00000161. The maximum absolute atomic E-state index is 11.9. The van der Waals surface area contributed by atoms with E-state index in [0.717, 1.165) is 34.9 Å². The number of likely N-dealkylation sites (N-methyl/N-ethyl adjacent to an activating group) is 1. The number of halogens is 1. The van der Waals surface area contributed by atoms with Gasteiger partial charge in [-0.2, -0.15) is 0 Å². The molecule has 2 heterocycles. The number of nitrogens with zero attached hydrogens (tertiary/aromatic N) is 2. The molecule has 0 spiro atoms. The molecule has 2 aliphatic heterocycles. The molecule has 0 saturated heterocycles. The van der Waals surface area contributed by atoms with E-state index in [1.165, 1.54) is 11.3 Å². The van der Waals surface area contributed by atoms with Crippen molar-refractivity contribution >= 4 is 35.5 Å². The Morgan fingerprint density at radius 3 is 2.86 bits per heavy atom. The first-order chi connectivity index (χ1) is 9.50. The molecule has 0 bridgehead atoms. The molecule has 0 fully saturated rings. The number of ether oxygens (including phenoxy) is 1. The average Bonchev–Trinajstić information content (AvgIpc) is 2.75. The normalized spacial score (nSPS) is 20.0. The molecule has 0 N–H and O–H groups in total. The van der Waals surface area contributed by atoms with Crippen molar-refractivity contribution in [2.75, 3.05) is 33.8 Å². The number of benzene rings is 1. The fourth-order valence-electron chi connectivity index (χ4n) is 2.88. The van der Waals surface area contributed by atoms with Crippen molar-refractivity contribution in [3.8, 4) is 0 Å². The van der Waals surface area contributed by atoms with E-state index >= 15 is 0 Å². The van der Waals surface area contributed by atoms with E-state index in [9.17, 15) is 5.11 Å². The summed E-state index contributed by atoms with van der Waals surface area (Å²) < 4.78 is 6.04. The molecule has 0 radical (unpaired) electrons. The van der Waals surface area contributed by atoms with Crippen LogP contribution in [0, 0.1) is 0 Å². The Hall–Kier alpha value is -1.08. The summed E-state index contributed by atoms with van der Waals surface area (Å²) in [5.74, 6) is -0.256. The van der Waals surface area contributed by atoms with Gasteiger partial charge in [0.1, 0.15) is 6.54 Å². The van der Waals surface area contributed by atoms with Gasteiger partial charge in [-0.25, -0.2) is 0 Å². The van der Waals surface area contributed by atoms with Crippen molar-refractivity contribution in [1.82, 2.24) is 0 Å². The van der Waals surface area contributed by atoms with Crippen LogP contribution in [0.25, 0.3) is 11.5 Å². The standard InChI is InChI=1S/C16H20N2O2.HI/c1-4-20-16(19)11-5-6-14-12(9-11)13-10-18(2,3)8-7-15(13)17-14;/h5-6,9H,4,7-8,10H2,1-3H3;1H. The van der Waals surface area contributed by atoms with Crippen LogP contribution in [-0.2, 0) is 4.74 Å². The third-order valence-electron chi connectivity index (χ3n) is 3.98. The third kappa shape index (κ3) is 3.08. The fraction of sp³-hybridized carbons (Fsp3) is 0.438. The lowest BCUT2D eigenvalue weighted by atomic mass is 9.99. The Morgan fingerprint density at radius 2 is 2.14 bits per heavy atom. The molecule has 2 aliphatic rings. The molecule has 4 nitrogen and oxygen atoms in total. The number of rotatable bonds is 2. The van der Waals surface area contributed by atoms with Gasteiger partial charge >= 0.3 is 0 Å². The predicted molar refractivity (Wildman–Crippen MR) is 91.1 cm³/mol. The Kier molecular flexibility index (Phi) is 4.63. The molecular formula is C16H21IN2O2. The van der Waals surface area contributed by atoms with Crippen LogP contribution < -0.4 is 15.7 Å². The third-order valence-corrected chi connectivity index (χ3v) is 3.98. The highest BCUT2D eigenvalue weighted by Crippen LogP contribution is 2.30. The lowest BCUT2D eigenvalue weighted by molar-refractivity contribution is -0.884. The van der Waals surface area contributed by atoms with Gasteiger partial charge in [-0.3, -0.25) is 4.99 Å². The topological polar surface area (TPSA) is 44.6 Å². The predicted octanol–water partition coefficient (Wildman–Crippen LogP) is 0.592. The second kappa shape index (κ2) is 5.96. The minimum absolute atomic E-state index is 0. The molecule has 1 aromatic rings. The molecule has 1 aromatic carbocycles. The van der Waals surface area contributed by atoms with Gasteiger partial charge < -0.3 is 14.3 Å². The number of fused-ring (bicyclic) bond motifs is 2. The van der Waals surface area contributed by atoms with Crippen LogP contribution in [0.3, 0.4) is 0 Å². The van der Waals surface area contributed by atoms with Crippen LogP contribution in [-0.4, -0.2) is 38.3 Å². The highest BCUT2D eigenvalue weighted by Gasteiger charge is 2.30. The van der Waals surface area contributed by atoms with Gasteiger partial charge in [-0.15, -0.1) is 24.0 Å². The fourth-order valence-corrected chi connectivity index (χ4v) is 2.88. The number of hydrogen-bond donors (Lipinski definition) is 0. The number of quaternary nitrogens is 1. The Morgan fingerprint density at radius 1 is 1.38 bits per heavy atom. The summed E-state index contributed by atoms with van der Waals surface area (Å²) in [6.45, 7) is 4.31. The SMILES string of the molecule is CCO/C([O-])=c1\ccc2c(c1)C1=C(CC[N+](C)(C)C1)N=2.I. The number of hydrogen-bond acceptors (Lipinski definition) is 3. The first-order valence-corrected chi connectivity index (χ1v) is 7.07. The molecule has 21 heavy (non-hydrogen) atoms. The molecule has 3 rings (SSSR count). The summed E-state index contributed by atoms with van der Waals surface area (Å²) in [5, 5.41) is 13.5. The van der Waals surface area contributed by atoms with Crippen molar-refractivity contribution in [2.45, 2.75) is 13.3 Å². The van der Waals surface area contributed by atoms with Crippen molar-refractivity contribution in [3.05, 3.63) is 40.0 Å². The largest absolute Gasteiger partial charge is 0.613 e. The van der Waals surface area contributed by atoms with E-state index < -0.39 is 0 Å². The van der Waals surface area contributed by atoms with E-state index in [4.69, 9.17) is 9.73 Å². The molecule has 0 aliphatic carbocycles. The summed E-state index contributed by atoms with van der Waals surface area (Å²) in [4.78, 5) is 4.70. The van der Waals surface area contributed by atoms with E-state index in [0.29, 0.717) is 11.8 Å². The van der Waals surface area contributed by atoms with E-state index in [1.807, 2.05) is 19.1 Å². The lowest BCUT2D eigenvalue weighted by Crippen LogP contribution is -2.44. The van der Waals surface area contributed by atoms with Crippen molar-refractivity contribution in [1.29, 1.82) is 0 Å². The summed E-state index contributed by atoms with van der Waals surface area (Å²) in [5.41, 5.74) is 3.59. The lowest BCUT2D eigenvalue weighted by Gasteiger charge is -2.34.